The quantitative estimate of drug-likeness (QED) is 0.312. The number of para-hydroxylation sites is 1. The summed E-state index contributed by atoms with van der Waals surface area (Å²) in [6, 6.07) is 26.7. The van der Waals surface area contributed by atoms with Crippen LogP contribution in [0.1, 0.15) is 15.9 Å². The van der Waals surface area contributed by atoms with Gasteiger partial charge in [-0.1, -0.05) is 48.5 Å². The molecule has 3 aromatic heterocycles. The highest BCUT2D eigenvalue weighted by molar-refractivity contribution is 7.18. The minimum Gasteiger partial charge on any atom is -0.299 e. The average Bonchev–Trinajstić information content (AvgIpc) is 3.45. The number of hydrogen-bond acceptors (Lipinski definition) is 3. The van der Waals surface area contributed by atoms with Crippen molar-refractivity contribution in [1.29, 1.82) is 0 Å². The van der Waals surface area contributed by atoms with Crippen LogP contribution in [0.15, 0.2) is 85.1 Å². The van der Waals surface area contributed by atoms with Gasteiger partial charge in [0.05, 0.1) is 16.6 Å². The molecule has 3 heterocycles. The van der Waals surface area contributed by atoms with Gasteiger partial charge in [0, 0.05) is 33.2 Å². The number of pyridine rings is 1. The summed E-state index contributed by atoms with van der Waals surface area (Å²) in [5.74, 6) is 0.127. The number of thiophene rings is 1. The molecule has 0 radical (unpaired) electrons. The van der Waals surface area contributed by atoms with Crippen molar-refractivity contribution < 1.29 is 4.79 Å². The van der Waals surface area contributed by atoms with E-state index in [0.29, 0.717) is 0 Å². The van der Waals surface area contributed by atoms with Crippen LogP contribution in [-0.2, 0) is 0 Å². The lowest BCUT2D eigenvalue weighted by molar-refractivity contribution is 0.104. The second kappa shape index (κ2) is 5.65. The molecule has 4 aromatic rings. The van der Waals surface area contributed by atoms with Gasteiger partial charge >= 0.3 is 0 Å². The summed E-state index contributed by atoms with van der Waals surface area (Å²) in [7, 11) is 0. The summed E-state index contributed by atoms with van der Waals surface area (Å²) >= 11 is 1.68. The summed E-state index contributed by atoms with van der Waals surface area (Å²) in [5, 5.41) is 2.18. The van der Waals surface area contributed by atoms with Crippen LogP contribution in [0.25, 0.3) is 48.5 Å². The topological polar surface area (TPSA) is 34.9 Å². The Labute approximate surface area is 176 Å². The highest BCUT2D eigenvalue weighted by Gasteiger charge is 2.34. The molecule has 0 saturated heterocycles. The van der Waals surface area contributed by atoms with Crippen LogP contribution < -0.4 is 0 Å². The van der Waals surface area contributed by atoms with Crippen molar-refractivity contribution in [3.8, 4) is 26.6 Å². The third-order valence-corrected chi connectivity index (χ3v) is 7.15. The average molecular weight is 402 g/mol. The lowest BCUT2D eigenvalue weighted by Crippen LogP contribution is -1.96. The molecule has 3 nitrogen and oxygen atoms in total. The van der Waals surface area contributed by atoms with Crippen LogP contribution in [0.3, 0.4) is 0 Å². The van der Waals surface area contributed by atoms with E-state index in [-0.39, 0.29) is 5.78 Å². The van der Waals surface area contributed by atoms with Crippen molar-refractivity contribution in [2.24, 2.45) is 0 Å². The molecule has 0 atom stereocenters. The maximum Gasteiger partial charge on any atom is 0.195 e. The predicted molar refractivity (Wildman–Crippen MR) is 122 cm³/mol. The van der Waals surface area contributed by atoms with Gasteiger partial charge in [0.1, 0.15) is 5.00 Å². The summed E-state index contributed by atoms with van der Waals surface area (Å²) in [4.78, 5) is 19.0. The first-order chi connectivity index (χ1) is 14.8. The molecule has 7 rings (SSSR count). The van der Waals surface area contributed by atoms with Crippen LogP contribution in [0, 0.1) is 0 Å². The zero-order chi connectivity index (χ0) is 19.8. The molecule has 0 fully saturated rings. The van der Waals surface area contributed by atoms with Crippen LogP contribution in [0.2, 0.25) is 0 Å². The highest BCUT2D eigenvalue weighted by atomic mass is 32.1. The van der Waals surface area contributed by atoms with Gasteiger partial charge in [0.15, 0.2) is 5.78 Å². The molecular weight excluding hydrogens is 388 g/mol. The molecule has 0 amide bonds. The number of carbonyl (C=O) groups excluding carboxylic acids is 1. The molecule has 0 N–H and O–H groups in total. The van der Waals surface area contributed by atoms with E-state index in [1.165, 1.54) is 0 Å². The summed E-state index contributed by atoms with van der Waals surface area (Å²) in [5.41, 5.74) is 8.02. The Morgan fingerprint density at radius 2 is 1.60 bits per heavy atom. The second-order valence-corrected chi connectivity index (χ2v) is 8.62. The molecular formula is C26H14N2OS. The first kappa shape index (κ1) is 16.1. The van der Waals surface area contributed by atoms with Gasteiger partial charge in [0.2, 0.25) is 0 Å². The van der Waals surface area contributed by atoms with Crippen LogP contribution >= 0.6 is 11.3 Å². The zero-order valence-corrected chi connectivity index (χ0v) is 16.6. The maximum absolute atomic E-state index is 13.4. The van der Waals surface area contributed by atoms with E-state index in [0.717, 1.165) is 59.6 Å². The normalized spacial score (nSPS) is 12.7. The first-order valence-corrected chi connectivity index (χ1v) is 10.7. The smallest absolute Gasteiger partial charge is 0.195 e. The molecule has 3 aliphatic rings. The van der Waals surface area contributed by atoms with E-state index in [1.807, 2.05) is 48.7 Å². The minimum atomic E-state index is 0.127. The molecule has 0 saturated carbocycles. The first-order valence-electron chi connectivity index (χ1n) is 9.86. The molecule has 0 aliphatic heterocycles. The SMILES string of the molecule is O=C1c2cc(-n3c4ccccc4c4ncccc43)sc2-c2cc3cccccc-3c21. The Morgan fingerprint density at radius 1 is 0.767 bits per heavy atom. The Hall–Kier alpha value is -3.76. The molecule has 4 heteroatoms. The van der Waals surface area contributed by atoms with Gasteiger partial charge in [0.25, 0.3) is 0 Å². The van der Waals surface area contributed by atoms with Gasteiger partial charge in [-0.2, -0.15) is 0 Å². The second-order valence-electron chi connectivity index (χ2n) is 7.59. The van der Waals surface area contributed by atoms with E-state index >= 15 is 0 Å². The number of rotatable bonds is 1. The molecule has 0 bridgehead atoms. The summed E-state index contributed by atoms with van der Waals surface area (Å²) < 4.78 is 2.23. The number of aromatic nitrogens is 2. The standard InChI is InChI=1S/C26H14N2OS/c29-25-19-14-22(28-20-10-5-4-9-17(20)24-21(28)11-6-12-27-24)30-26(19)18-13-15-7-2-1-3-8-16(15)23(18)25/h1-14H. The van der Waals surface area contributed by atoms with Gasteiger partial charge in [-0.05, 0) is 41.5 Å². The van der Waals surface area contributed by atoms with Gasteiger partial charge in [-0.25, -0.2) is 0 Å². The van der Waals surface area contributed by atoms with Gasteiger partial charge in [-0.3, -0.25) is 14.3 Å². The fraction of sp³-hybridized carbons (Fsp3) is 0. The fourth-order valence-electron chi connectivity index (χ4n) is 4.72. The monoisotopic (exact) mass is 402 g/mol. The molecule has 30 heavy (non-hydrogen) atoms. The number of nitrogens with zero attached hydrogens (tertiary/aromatic N) is 2. The van der Waals surface area contributed by atoms with Crippen molar-refractivity contribution >= 4 is 39.1 Å². The van der Waals surface area contributed by atoms with E-state index in [2.05, 4.69) is 45.9 Å². The van der Waals surface area contributed by atoms with Crippen molar-refractivity contribution in [2.45, 2.75) is 0 Å². The van der Waals surface area contributed by atoms with Crippen molar-refractivity contribution in [2.75, 3.05) is 0 Å². The molecule has 140 valence electrons. The lowest BCUT2D eigenvalue weighted by Gasteiger charge is -2.04. The van der Waals surface area contributed by atoms with E-state index in [1.54, 1.807) is 11.3 Å². The third-order valence-electron chi connectivity index (χ3n) is 5.99. The minimum absolute atomic E-state index is 0.127. The maximum atomic E-state index is 13.4. The Kier molecular flexibility index (Phi) is 3.03. The number of hydrogen-bond donors (Lipinski definition) is 0. The molecule has 3 aliphatic carbocycles. The van der Waals surface area contributed by atoms with Crippen LogP contribution in [0.4, 0.5) is 0 Å². The lowest BCUT2D eigenvalue weighted by atomic mass is 10.1. The van der Waals surface area contributed by atoms with Crippen molar-refractivity contribution in [3.05, 3.63) is 96.2 Å². The highest BCUT2D eigenvalue weighted by Crippen LogP contribution is 2.50. The molecule has 1 aromatic carbocycles. The zero-order valence-electron chi connectivity index (χ0n) is 15.8. The number of fused-ring (bicyclic) bond motifs is 8. The summed E-state index contributed by atoms with van der Waals surface area (Å²) in [6.07, 6.45) is 1.83. The van der Waals surface area contributed by atoms with Crippen molar-refractivity contribution in [1.82, 2.24) is 9.55 Å². The Bertz CT molecular complexity index is 1570. The van der Waals surface area contributed by atoms with Crippen LogP contribution in [0.5, 0.6) is 0 Å². The number of benzene rings is 1. The summed E-state index contributed by atoms with van der Waals surface area (Å²) in [6.45, 7) is 0. The largest absolute Gasteiger partial charge is 0.299 e. The van der Waals surface area contributed by atoms with E-state index in [4.69, 9.17) is 0 Å². The van der Waals surface area contributed by atoms with Crippen molar-refractivity contribution in [3.63, 3.8) is 0 Å². The Balaban J connectivity index is 1.53. The van der Waals surface area contributed by atoms with Crippen LogP contribution in [-0.4, -0.2) is 15.3 Å². The van der Waals surface area contributed by atoms with E-state index < -0.39 is 0 Å². The molecule has 0 spiro atoms. The van der Waals surface area contributed by atoms with Gasteiger partial charge < -0.3 is 0 Å². The molecule has 0 unspecified atom stereocenters. The fourth-order valence-corrected chi connectivity index (χ4v) is 5.93. The third kappa shape index (κ3) is 1.94. The van der Waals surface area contributed by atoms with E-state index in [9.17, 15) is 4.79 Å². The Morgan fingerprint density at radius 3 is 2.57 bits per heavy atom. The van der Waals surface area contributed by atoms with Gasteiger partial charge in [-0.15, -0.1) is 11.3 Å². The number of carbonyl (C=O) groups is 1. The number of ketones is 1. The predicted octanol–water partition coefficient (Wildman–Crippen LogP) is 6.56.